The molecule has 0 bridgehead atoms. The summed E-state index contributed by atoms with van der Waals surface area (Å²) in [6.07, 6.45) is 0. The fourth-order valence-corrected chi connectivity index (χ4v) is 11.3. The van der Waals surface area contributed by atoms with E-state index in [0.29, 0.717) is 0 Å². The van der Waals surface area contributed by atoms with Gasteiger partial charge >= 0.3 is 0 Å². The molecule has 0 aromatic heterocycles. The van der Waals surface area contributed by atoms with E-state index in [2.05, 4.69) is 182 Å². The Labute approximate surface area is 328 Å². The average Bonchev–Trinajstić information content (AvgIpc) is 3.54. The van der Waals surface area contributed by atoms with Crippen LogP contribution in [0.25, 0.3) is 77.9 Å². The third kappa shape index (κ3) is 6.04. The van der Waals surface area contributed by atoms with Crippen molar-refractivity contribution in [3.8, 4) is 77.9 Å². The van der Waals surface area contributed by atoms with Gasteiger partial charge in [-0.05, 0) is 114 Å². The van der Waals surface area contributed by atoms with E-state index < -0.39 is 7.14 Å². The molecule has 0 fully saturated rings. The van der Waals surface area contributed by atoms with E-state index >= 15 is 4.57 Å². The van der Waals surface area contributed by atoms with Crippen molar-refractivity contribution in [3.05, 3.63) is 224 Å². The smallest absolute Gasteiger partial charge is 0.172 e. The Morgan fingerprint density at radius 3 is 0.839 bits per heavy atom. The third-order valence-electron chi connectivity index (χ3n) is 11.1. The summed E-state index contributed by atoms with van der Waals surface area (Å²) in [6.45, 7) is 0. The Bertz CT molecular complexity index is 2750. The Morgan fingerprint density at radius 1 is 0.232 bits per heavy atom. The summed E-state index contributed by atoms with van der Waals surface area (Å²) in [5.41, 5.74) is 15.8. The van der Waals surface area contributed by atoms with Crippen LogP contribution in [0.1, 0.15) is 0 Å². The molecule has 1 nitrogen and oxygen atoms in total. The van der Waals surface area contributed by atoms with Gasteiger partial charge in [-0.1, -0.05) is 188 Å². The van der Waals surface area contributed by atoms with Gasteiger partial charge in [0.1, 0.15) is 0 Å². The van der Waals surface area contributed by atoms with Gasteiger partial charge in [-0.2, -0.15) is 0 Å². The number of fused-ring (bicyclic) bond motifs is 3. The maximum Gasteiger partial charge on any atom is 0.172 e. The number of hydrogen-bond acceptors (Lipinski definition) is 1. The highest BCUT2D eigenvalue weighted by molar-refractivity contribution is 7.86. The molecular formula is C54H37OP. The molecule has 1 aliphatic rings. The summed E-state index contributed by atoms with van der Waals surface area (Å²) >= 11 is 0. The Balaban J connectivity index is 1.04. The molecule has 0 atom stereocenters. The van der Waals surface area contributed by atoms with Crippen molar-refractivity contribution in [1.82, 2.24) is 0 Å². The van der Waals surface area contributed by atoms with Crippen LogP contribution < -0.4 is 15.9 Å². The molecule has 9 aromatic rings. The molecule has 2 heteroatoms. The van der Waals surface area contributed by atoms with Gasteiger partial charge in [-0.25, -0.2) is 0 Å². The lowest BCUT2D eigenvalue weighted by atomic mass is 9.94. The van der Waals surface area contributed by atoms with Crippen LogP contribution in [-0.2, 0) is 4.57 Å². The van der Waals surface area contributed by atoms with Gasteiger partial charge in [0.2, 0.25) is 0 Å². The van der Waals surface area contributed by atoms with Crippen LogP contribution in [0.5, 0.6) is 0 Å². The van der Waals surface area contributed by atoms with Crippen molar-refractivity contribution in [2.45, 2.75) is 0 Å². The zero-order valence-corrected chi connectivity index (χ0v) is 31.6. The van der Waals surface area contributed by atoms with Crippen LogP contribution in [0.4, 0.5) is 0 Å². The van der Waals surface area contributed by atoms with Crippen molar-refractivity contribution in [1.29, 1.82) is 0 Å². The van der Waals surface area contributed by atoms with Gasteiger partial charge < -0.3 is 4.57 Å². The second-order valence-corrected chi connectivity index (χ2v) is 17.2. The molecule has 264 valence electrons. The Kier molecular flexibility index (Phi) is 8.52. The van der Waals surface area contributed by atoms with Gasteiger partial charge in [-0.3, -0.25) is 0 Å². The summed E-state index contributed by atoms with van der Waals surface area (Å²) in [6, 6.07) is 79.0. The fraction of sp³-hybridized carbons (Fsp3) is 0. The van der Waals surface area contributed by atoms with Gasteiger partial charge in [0, 0.05) is 15.9 Å². The maximum absolute atomic E-state index is 15.9. The summed E-state index contributed by atoms with van der Waals surface area (Å²) in [4.78, 5) is 0. The monoisotopic (exact) mass is 732 g/mol. The van der Waals surface area contributed by atoms with Crippen LogP contribution in [0.3, 0.4) is 0 Å². The second-order valence-electron chi connectivity index (χ2n) is 14.5. The molecule has 56 heavy (non-hydrogen) atoms. The van der Waals surface area contributed by atoms with Gasteiger partial charge in [-0.15, -0.1) is 0 Å². The van der Waals surface area contributed by atoms with E-state index in [1.807, 2.05) is 42.5 Å². The molecular weight excluding hydrogens is 696 g/mol. The summed E-state index contributed by atoms with van der Waals surface area (Å²) in [5, 5.41) is 2.65. The quantitative estimate of drug-likeness (QED) is 0.149. The summed E-state index contributed by atoms with van der Waals surface area (Å²) < 4.78 is 15.9. The van der Waals surface area contributed by atoms with E-state index in [1.165, 1.54) is 22.3 Å². The third-order valence-corrected chi connectivity index (χ3v) is 14.2. The van der Waals surface area contributed by atoms with Crippen LogP contribution >= 0.6 is 7.14 Å². The molecule has 1 heterocycles. The fourth-order valence-electron chi connectivity index (χ4n) is 8.22. The van der Waals surface area contributed by atoms with Crippen LogP contribution in [0, 0.1) is 0 Å². The average molecular weight is 733 g/mol. The van der Waals surface area contributed by atoms with Crippen LogP contribution in [0.15, 0.2) is 224 Å². The summed E-state index contributed by atoms with van der Waals surface area (Å²) in [5.74, 6) is 0. The number of rotatable bonds is 7. The molecule has 0 amide bonds. The van der Waals surface area contributed by atoms with Crippen molar-refractivity contribution < 1.29 is 4.57 Å². The van der Waals surface area contributed by atoms with Gasteiger partial charge in [0.15, 0.2) is 7.14 Å². The SMILES string of the molecule is O=P1(c2ccccc2)c2cc(-c3cccc(-c4cccc(-c5ccccc5)c4)c3)ccc2-c2ccc(-c3cccc(-c4cccc(-c5ccccc5)c4)c3)cc21. The lowest BCUT2D eigenvalue weighted by Gasteiger charge is -2.17. The molecule has 0 unspecified atom stereocenters. The van der Waals surface area contributed by atoms with E-state index in [4.69, 9.17) is 0 Å². The molecule has 9 aromatic carbocycles. The molecule has 0 aliphatic carbocycles. The van der Waals surface area contributed by atoms with Crippen molar-refractivity contribution >= 4 is 23.1 Å². The molecule has 10 rings (SSSR count). The Hall–Kier alpha value is -6.79. The van der Waals surface area contributed by atoms with Gasteiger partial charge in [0.05, 0.1) is 0 Å². The Morgan fingerprint density at radius 2 is 0.500 bits per heavy atom. The highest BCUT2D eigenvalue weighted by Crippen LogP contribution is 2.53. The molecule has 1 aliphatic heterocycles. The minimum absolute atomic E-state index is 0.854. The maximum atomic E-state index is 15.9. The number of benzene rings is 9. The standard InChI is InChI=1S/C54H37OP/c55-56(50-26-8-3-9-27-50)53-36-48(46-24-12-22-44(34-46)42-20-10-18-40(32-42)38-14-4-1-5-15-38)28-30-51(53)52-31-29-49(37-54(52)56)47-25-13-23-45(35-47)43-21-11-19-41(33-43)39-16-6-2-7-17-39/h1-37H. The zero-order valence-electron chi connectivity index (χ0n) is 30.7. The minimum atomic E-state index is -3.22. The highest BCUT2D eigenvalue weighted by atomic mass is 31.2. The van der Waals surface area contributed by atoms with Crippen molar-refractivity contribution in [3.63, 3.8) is 0 Å². The van der Waals surface area contributed by atoms with E-state index in [-0.39, 0.29) is 0 Å². The minimum Gasteiger partial charge on any atom is -0.309 e. The second kappa shape index (κ2) is 14.1. The first-order chi connectivity index (χ1) is 27.6. The molecule has 0 N–H and O–H groups in total. The van der Waals surface area contributed by atoms with Crippen molar-refractivity contribution in [2.75, 3.05) is 0 Å². The molecule has 0 saturated heterocycles. The van der Waals surface area contributed by atoms with Crippen LogP contribution in [0.2, 0.25) is 0 Å². The molecule has 0 saturated carbocycles. The topological polar surface area (TPSA) is 17.1 Å². The van der Waals surface area contributed by atoms with Gasteiger partial charge in [0.25, 0.3) is 0 Å². The largest absolute Gasteiger partial charge is 0.309 e. The normalized spacial score (nSPS) is 12.5. The predicted octanol–water partition coefficient (Wildman–Crippen LogP) is 13.3. The van der Waals surface area contributed by atoms with E-state index in [9.17, 15) is 0 Å². The first-order valence-electron chi connectivity index (χ1n) is 19.1. The number of hydrogen-bond donors (Lipinski definition) is 0. The van der Waals surface area contributed by atoms with E-state index in [1.54, 1.807) is 0 Å². The lowest BCUT2D eigenvalue weighted by Crippen LogP contribution is -2.21. The first-order valence-corrected chi connectivity index (χ1v) is 20.8. The zero-order chi connectivity index (χ0) is 37.5. The summed E-state index contributed by atoms with van der Waals surface area (Å²) in [7, 11) is -3.22. The van der Waals surface area contributed by atoms with Crippen LogP contribution in [-0.4, -0.2) is 0 Å². The van der Waals surface area contributed by atoms with E-state index in [0.717, 1.165) is 71.5 Å². The van der Waals surface area contributed by atoms with Crippen molar-refractivity contribution in [2.24, 2.45) is 0 Å². The first kappa shape index (κ1) is 33.8. The molecule has 0 spiro atoms. The highest BCUT2D eigenvalue weighted by Gasteiger charge is 2.40. The predicted molar refractivity (Wildman–Crippen MR) is 237 cm³/mol. The molecule has 0 radical (unpaired) electrons. The lowest BCUT2D eigenvalue weighted by molar-refractivity contribution is 0.593.